The summed E-state index contributed by atoms with van der Waals surface area (Å²) < 4.78 is 18.5. The highest BCUT2D eigenvalue weighted by atomic mass is 19.1. The Morgan fingerprint density at radius 1 is 1.14 bits per heavy atom. The number of ether oxygens (including phenoxy) is 1. The number of benzene rings is 3. The van der Waals surface area contributed by atoms with Gasteiger partial charge in [0.25, 0.3) is 5.91 Å². The lowest BCUT2D eigenvalue weighted by molar-refractivity contribution is -0.122. The summed E-state index contributed by atoms with van der Waals surface area (Å²) in [6.45, 7) is 0. The summed E-state index contributed by atoms with van der Waals surface area (Å²) in [5, 5.41) is 6.16. The number of carbonyl (C=O) groups is 1. The van der Waals surface area contributed by atoms with Crippen molar-refractivity contribution in [2.75, 3.05) is 7.11 Å². The zero-order valence-electron chi connectivity index (χ0n) is 15.9. The SMILES string of the molecule is COc1ccc2ccccc2c1C1CC(C(=O)N/N=C/c2ccc(F)cc2)NN1. The number of nitrogens with zero attached hydrogens (tertiary/aromatic N) is 1. The van der Waals surface area contributed by atoms with Gasteiger partial charge in [0.1, 0.15) is 17.6 Å². The van der Waals surface area contributed by atoms with Crippen LogP contribution in [0.3, 0.4) is 0 Å². The van der Waals surface area contributed by atoms with E-state index in [-0.39, 0.29) is 17.8 Å². The van der Waals surface area contributed by atoms with Crippen LogP contribution in [-0.4, -0.2) is 25.3 Å². The molecule has 0 spiro atoms. The molecule has 1 fully saturated rings. The summed E-state index contributed by atoms with van der Waals surface area (Å²) in [4.78, 5) is 12.5. The first-order valence-corrected chi connectivity index (χ1v) is 9.31. The lowest BCUT2D eigenvalue weighted by Gasteiger charge is -2.17. The van der Waals surface area contributed by atoms with Crippen molar-refractivity contribution in [3.63, 3.8) is 0 Å². The number of methoxy groups -OCH3 is 1. The Hall–Kier alpha value is -3.29. The molecule has 1 heterocycles. The maximum atomic E-state index is 12.9. The smallest absolute Gasteiger partial charge is 0.258 e. The van der Waals surface area contributed by atoms with Gasteiger partial charge < -0.3 is 4.74 Å². The second-order valence-electron chi connectivity index (χ2n) is 6.82. The number of amides is 1. The van der Waals surface area contributed by atoms with Crippen LogP contribution in [0.25, 0.3) is 10.8 Å². The third kappa shape index (κ3) is 4.11. The second-order valence-corrected chi connectivity index (χ2v) is 6.82. The van der Waals surface area contributed by atoms with Gasteiger partial charge >= 0.3 is 0 Å². The van der Waals surface area contributed by atoms with Gasteiger partial charge in [-0.15, -0.1) is 0 Å². The molecule has 2 unspecified atom stereocenters. The molecule has 4 rings (SSSR count). The average molecular weight is 392 g/mol. The molecule has 1 aliphatic rings. The molecule has 0 aliphatic carbocycles. The predicted octanol–water partition coefficient (Wildman–Crippen LogP) is 3.05. The van der Waals surface area contributed by atoms with Crippen LogP contribution in [-0.2, 0) is 4.79 Å². The maximum absolute atomic E-state index is 12.9. The molecule has 0 radical (unpaired) electrons. The zero-order valence-corrected chi connectivity index (χ0v) is 15.9. The molecule has 29 heavy (non-hydrogen) atoms. The van der Waals surface area contributed by atoms with E-state index in [4.69, 9.17) is 4.74 Å². The molecule has 148 valence electrons. The molecule has 0 aromatic heterocycles. The Labute approximate surface area is 167 Å². The molecule has 0 bridgehead atoms. The number of hydrogen-bond donors (Lipinski definition) is 3. The zero-order chi connectivity index (χ0) is 20.2. The van der Waals surface area contributed by atoms with Crippen molar-refractivity contribution in [1.29, 1.82) is 0 Å². The molecule has 7 heteroatoms. The van der Waals surface area contributed by atoms with E-state index >= 15 is 0 Å². The van der Waals surface area contributed by atoms with Crippen LogP contribution in [0, 0.1) is 5.82 Å². The van der Waals surface area contributed by atoms with E-state index < -0.39 is 6.04 Å². The molecule has 1 amide bonds. The predicted molar refractivity (Wildman–Crippen MR) is 110 cm³/mol. The fourth-order valence-electron chi connectivity index (χ4n) is 3.53. The molecule has 1 saturated heterocycles. The van der Waals surface area contributed by atoms with E-state index in [1.54, 1.807) is 19.2 Å². The summed E-state index contributed by atoms with van der Waals surface area (Å²) in [7, 11) is 1.64. The van der Waals surface area contributed by atoms with Crippen LogP contribution < -0.4 is 21.0 Å². The highest BCUT2D eigenvalue weighted by Crippen LogP contribution is 2.36. The highest BCUT2D eigenvalue weighted by molar-refractivity contribution is 5.89. The van der Waals surface area contributed by atoms with Gasteiger partial charge in [-0.05, 0) is 41.0 Å². The highest BCUT2D eigenvalue weighted by Gasteiger charge is 2.32. The Bertz CT molecular complexity index is 1050. The fourth-order valence-corrected chi connectivity index (χ4v) is 3.53. The molecule has 2 atom stereocenters. The van der Waals surface area contributed by atoms with Crippen LogP contribution in [0.2, 0.25) is 0 Å². The number of fused-ring (bicyclic) bond motifs is 1. The van der Waals surface area contributed by atoms with Gasteiger partial charge in [0.05, 0.1) is 19.4 Å². The molecule has 3 aromatic carbocycles. The Morgan fingerprint density at radius 2 is 1.93 bits per heavy atom. The van der Waals surface area contributed by atoms with E-state index in [0.29, 0.717) is 12.0 Å². The topological polar surface area (TPSA) is 74.8 Å². The first-order chi connectivity index (χ1) is 14.2. The van der Waals surface area contributed by atoms with E-state index in [0.717, 1.165) is 22.1 Å². The molecule has 3 N–H and O–H groups in total. The van der Waals surface area contributed by atoms with Gasteiger partial charge in [0.15, 0.2) is 0 Å². The van der Waals surface area contributed by atoms with Crippen LogP contribution >= 0.6 is 0 Å². The summed E-state index contributed by atoms with van der Waals surface area (Å²) in [6.07, 6.45) is 2.02. The van der Waals surface area contributed by atoms with Crippen molar-refractivity contribution in [2.45, 2.75) is 18.5 Å². The minimum atomic E-state index is -0.450. The molecule has 0 saturated carbocycles. The van der Waals surface area contributed by atoms with Crippen LogP contribution in [0.5, 0.6) is 5.75 Å². The lowest BCUT2D eigenvalue weighted by Crippen LogP contribution is -2.41. The van der Waals surface area contributed by atoms with Gasteiger partial charge in [-0.3, -0.25) is 4.79 Å². The number of hydrogen-bond acceptors (Lipinski definition) is 5. The number of halogens is 1. The van der Waals surface area contributed by atoms with Crippen molar-refractivity contribution in [2.24, 2.45) is 5.10 Å². The van der Waals surface area contributed by atoms with Crippen molar-refractivity contribution in [3.8, 4) is 5.75 Å². The summed E-state index contributed by atoms with van der Waals surface area (Å²) in [5.41, 5.74) is 10.5. The number of carbonyl (C=O) groups excluding carboxylic acids is 1. The first-order valence-electron chi connectivity index (χ1n) is 9.31. The van der Waals surface area contributed by atoms with Gasteiger partial charge in [-0.1, -0.05) is 42.5 Å². The monoisotopic (exact) mass is 392 g/mol. The Kier molecular flexibility index (Phi) is 5.50. The standard InChI is InChI=1S/C22H21FN4O2/c1-29-20-11-8-15-4-2-3-5-17(15)21(20)18-12-19(26-25-18)22(28)27-24-13-14-6-9-16(23)10-7-14/h2-11,13,18-19,25-26H,12H2,1H3,(H,27,28)/b24-13+. The maximum Gasteiger partial charge on any atom is 0.258 e. The fraction of sp³-hybridized carbons (Fsp3) is 0.182. The van der Waals surface area contributed by atoms with Crippen molar-refractivity contribution >= 4 is 22.9 Å². The van der Waals surface area contributed by atoms with E-state index in [1.165, 1.54) is 18.3 Å². The summed E-state index contributed by atoms with van der Waals surface area (Å²) >= 11 is 0. The third-order valence-electron chi connectivity index (χ3n) is 4.98. The first kappa shape index (κ1) is 19.0. The van der Waals surface area contributed by atoms with Gasteiger partial charge in [-0.25, -0.2) is 20.7 Å². The normalized spacial score (nSPS) is 19.0. The van der Waals surface area contributed by atoms with Gasteiger partial charge in [0, 0.05) is 5.56 Å². The Balaban J connectivity index is 1.46. The molecule has 3 aromatic rings. The molecular weight excluding hydrogens is 371 g/mol. The quantitative estimate of drug-likeness (QED) is 0.461. The van der Waals surface area contributed by atoms with Crippen molar-refractivity contribution < 1.29 is 13.9 Å². The van der Waals surface area contributed by atoms with Crippen LogP contribution in [0.1, 0.15) is 23.6 Å². The third-order valence-corrected chi connectivity index (χ3v) is 4.98. The number of hydrazine groups is 1. The number of nitrogens with one attached hydrogen (secondary N) is 3. The minimum absolute atomic E-state index is 0.0899. The largest absolute Gasteiger partial charge is 0.496 e. The number of hydrazone groups is 1. The Morgan fingerprint density at radius 3 is 2.72 bits per heavy atom. The minimum Gasteiger partial charge on any atom is -0.496 e. The van der Waals surface area contributed by atoms with Crippen LogP contribution in [0.15, 0.2) is 65.8 Å². The molecule has 6 nitrogen and oxygen atoms in total. The average Bonchev–Trinajstić information content (AvgIpc) is 3.24. The summed E-state index contributed by atoms with van der Waals surface area (Å²) in [5.74, 6) is 0.207. The van der Waals surface area contributed by atoms with Gasteiger partial charge in [0.2, 0.25) is 0 Å². The number of rotatable bonds is 5. The van der Waals surface area contributed by atoms with Gasteiger partial charge in [-0.2, -0.15) is 5.10 Å². The van der Waals surface area contributed by atoms with E-state index in [9.17, 15) is 9.18 Å². The van der Waals surface area contributed by atoms with Crippen LogP contribution in [0.4, 0.5) is 4.39 Å². The van der Waals surface area contributed by atoms with Crippen molar-refractivity contribution in [3.05, 3.63) is 77.6 Å². The lowest BCUT2D eigenvalue weighted by atomic mass is 9.95. The van der Waals surface area contributed by atoms with E-state index in [2.05, 4.69) is 33.5 Å². The van der Waals surface area contributed by atoms with Crippen molar-refractivity contribution in [1.82, 2.24) is 16.3 Å². The van der Waals surface area contributed by atoms with E-state index in [1.807, 2.05) is 24.3 Å². The molecular formula is C22H21FN4O2. The second kappa shape index (κ2) is 8.38. The molecule has 1 aliphatic heterocycles. The summed E-state index contributed by atoms with van der Waals surface area (Å²) in [6, 6.07) is 17.4.